The van der Waals surface area contributed by atoms with Crippen LogP contribution in [0.4, 0.5) is 0 Å². The predicted octanol–water partition coefficient (Wildman–Crippen LogP) is 1.80. The molecule has 1 aromatic carbocycles. The van der Waals surface area contributed by atoms with Crippen molar-refractivity contribution in [3.8, 4) is 5.88 Å². The molecule has 0 saturated heterocycles. The maximum absolute atomic E-state index is 10.1. The second-order valence-corrected chi connectivity index (χ2v) is 5.79. The Hall–Kier alpha value is -1.75. The van der Waals surface area contributed by atoms with Crippen LogP contribution in [0.1, 0.15) is 19.8 Å². The second kappa shape index (κ2) is 5.32. The zero-order valence-electron chi connectivity index (χ0n) is 11.2. The van der Waals surface area contributed by atoms with E-state index in [4.69, 9.17) is 0 Å². The molecule has 4 nitrogen and oxygen atoms in total. The largest absolute Gasteiger partial charge is 0.493 e. The SMILES string of the molecule is CCCCN1C=c2c(c(O)nc3cc(Br)ccc23)=CN1. The van der Waals surface area contributed by atoms with Crippen LogP contribution in [-0.2, 0) is 0 Å². The fourth-order valence-electron chi connectivity index (χ4n) is 2.34. The van der Waals surface area contributed by atoms with Gasteiger partial charge >= 0.3 is 0 Å². The average Bonchev–Trinajstić information content (AvgIpc) is 2.44. The van der Waals surface area contributed by atoms with Gasteiger partial charge in [-0.1, -0.05) is 35.3 Å². The van der Waals surface area contributed by atoms with Gasteiger partial charge < -0.3 is 10.5 Å². The van der Waals surface area contributed by atoms with Gasteiger partial charge in [0.05, 0.1) is 10.7 Å². The van der Waals surface area contributed by atoms with Crippen LogP contribution in [0.15, 0.2) is 22.7 Å². The van der Waals surface area contributed by atoms with E-state index in [9.17, 15) is 5.11 Å². The van der Waals surface area contributed by atoms with Gasteiger partial charge in [0.15, 0.2) is 0 Å². The second-order valence-electron chi connectivity index (χ2n) is 4.87. The number of fused-ring (bicyclic) bond motifs is 3. The molecule has 0 amide bonds. The van der Waals surface area contributed by atoms with E-state index in [1.807, 2.05) is 35.6 Å². The Bertz CT molecular complexity index is 773. The number of pyridine rings is 1. The molecule has 20 heavy (non-hydrogen) atoms. The van der Waals surface area contributed by atoms with Crippen LogP contribution in [0, 0.1) is 0 Å². The molecular formula is C15H16BrN3O. The summed E-state index contributed by atoms with van der Waals surface area (Å²) in [5.74, 6) is 0.0597. The van der Waals surface area contributed by atoms with Crippen molar-refractivity contribution in [3.05, 3.63) is 33.1 Å². The predicted molar refractivity (Wildman–Crippen MR) is 84.0 cm³/mol. The zero-order chi connectivity index (χ0) is 14.1. The van der Waals surface area contributed by atoms with Crippen LogP contribution >= 0.6 is 15.9 Å². The van der Waals surface area contributed by atoms with Crippen molar-refractivity contribution in [2.75, 3.05) is 6.54 Å². The molecule has 0 fully saturated rings. The third kappa shape index (κ3) is 2.33. The van der Waals surface area contributed by atoms with E-state index in [2.05, 4.69) is 33.3 Å². The molecule has 2 aromatic rings. The Kier molecular flexibility index (Phi) is 3.53. The van der Waals surface area contributed by atoms with Gasteiger partial charge in [-0.15, -0.1) is 0 Å². The molecule has 0 atom stereocenters. The third-order valence-corrected chi connectivity index (χ3v) is 3.91. The molecule has 1 aliphatic rings. The van der Waals surface area contributed by atoms with Gasteiger partial charge in [-0.05, 0) is 18.6 Å². The van der Waals surface area contributed by atoms with E-state index in [-0.39, 0.29) is 5.88 Å². The molecule has 0 radical (unpaired) electrons. The highest BCUT2D eigenvalue weighted by Gasteiger charge is 2.09. The molecule has 0 bridgehead atoms. The number of hydrazine groups is 1. The van der Waals surface area contributed by atoms with Crippen molar-refractivity contribution >= 4 is 39.2 Å². The lowest BCUT2D eigenvalue weighted by molar-refractivity contribution is 0.351. The Balaban J connectivity index is 2.22. The third-order valence-electron chi connectivity index (χ3n) is 3.42. The summed E-state index contributed by atoms with van der Waals surface area (Å²) in [6, 6.07) is 5.94. The summed E-state index contributed by atoms with van der Waals surface area (Å²) >= 11 is 3.44. The number of benzene rings is 1. The first-order valence-corrected chi connectivity index (χ1v) is 7.51. The first-order chi connectivity index (χ1) is 9.69. The number of nitrogens with one attached hydrogen (secondary N) is 1. The minimum absolute atomic E-state index is 0.0597. The highest BCUT2D eigenvalue weighted by Crippen LogP contribution is 2.16. The maximum Gasteiger partial charge on any atom is 0.221 e. The molecule has 1 aliphatic heterocycles. The molecule has 0 unspecified atom stereocenters. The summed E-state index contributed by atoms with van der Waals surface area (Å²) in [5, 5.41) is 14.9. The number of nitrogens with zero attached hydrogens (tertiary/aromatic N) is 2. The van der Waals surface area contributed by atoms with Crippen LogP contribution < -0.4 is 15.9 Å². The number of hydrogen-bond acceptors (Lipinski definition) is 4. The van der Waals surface area contributed by atoms with Crippen molar-refractivity contribution in [1.82, 2.24) is 15.4 Å². The summed E-state index contributed by atoms with van der Waals surface area (Å²) < 4.78 is 0.956. The van der Waals surface area contributed by atoms with Gasteiger partial charge in [0.1, 0.15) is 0 Å². The van der Waals surface area contributed by atoms with E-state index in [1.54, 1.807) is 0 Å². The van der Waals surface area contributed by atoms with Crippen molar-refractivity contribution in [2.45, 2.75) is 19.8 Å². The van der Waals surface area contributed by atoms with Gasteiger partial charge in [-0.25, -0.2) is 4.98 Å². The Labute approximate surface area is 125 Å². The smallest absolute Gasteiger partial charge is 0.221 e. The number of unbranched alkanes of at least 4 members (excludes halogenated alkanes) is 1. The van der Waals surface area contributed by atoms with E-state index >= 15 is 0 Å². The molecule has 104 valence electrons. The van der Waals surface area contributed by atoms with Crippen molar-refractivity contribution < 1.29 is 5.11 Å². The first kappa shape index (κ1) is 13.2. The van der Waals surface area contributed by atoms with Crippen LogP contribution in [0.2, 0.25) is 0 Å². The molecule has 2 N–H and O–H groups in total. The fraction of sp³-hybridized carbons (Fsp3) is 0.267. The number of hydrogen-bond donors (Lipinski definition) is 2. The standard InChI is InChI=1S/C15H16BrN3O/c1-2-3-6-19-9-13-11-5-4-10(16)7-14(11)18-15(20)12(13)8-17-19/h4-5,7-9,17H,2-3,6H2,1H3,(H,18,20). The van der Waals surface area contributed by atoms with Crippen LogP contribution in [0.3, 0.4) is 0 Å². The summed E-state index contributed by atoms with van der Waals surface area (Å²) in [7, 11) is 0. The van der Waals surface area contributed by atoms with E-state index in [0.717, 1.165) is 45.2 Å². The Morgan fingerprint density at radius 3 is 3.00 bits per heavy atom. The van der Waals surface area contributed by atoms with Crippen LogP contribution in [0.5, 0.6) is 5.88 Å². The lowest BCUT2D eigenvalue weighted by Crippen LogP contribution is -2.43. The molecule has 0 saturated carbocycles. The van der Waals surface area contributed by atoms with Crippen molar-refractivity contribution in [3.63, 3.8) is 0 Å². The lowest BCUT2D eigenvalue weighted by Gasteiger charge is -2.23. The van der Waals surface area contributed by atoms with E-state index < -0.39 is 0 Å². The van der Waals surface area contributed by atoms with E-state index in [1.165, 1.54) is 0 Å². The summed E-state index contributed by atoms with van der Waals surface area (Å²) in [5.41, 5.74) is 3.96. The van der Waals surface area contributed by atoms with Crippen molar-refractivity contribution in [2.24, 2.45) is 0 Å². The molecule has 1 aromatic heterocycles. The fourth-order valence-corrected chi connectivity index (χ4v) is 2.69. The quantitative estimate of drug-likeness (QED) is 0.899. The monoisotopic (exact) mass is 333 g/mol. The molecule has 0 aliphatic carbocycles. The van der Waals surface area contributed by atoms with Gasteiger partial charge in [0.25, 0.3) is 0 Å². The average molecular weight is 334 g/mol. The molecule has 2 heterocycles. The Morgan fingerprint density at radius 1 is 1.35 bits per heavy atom. The normalized spacial score (nSPS) is 13.4. The molecule has 5 heteroatoms. The summed E-state index contributed by atoms with van der Waals surface area (Å²) in [6.45, 7) is 3.11. The summed E-state index contributed by atoms with van der Waals surface area (Å²) in [4.78, 5) is 4.25. The highest BCUT2D eigenvalue weighted by atomic mass is 79.9. The zero-order valence-corrected chi connectivity index (χ0v) is 12.8. The topological polar surface area (TPSA) is 48.4 Å². The Morgan fingerprint density at radius 2 is 2.20 bits per heavy atom. The van der Waals surface area contributed by atoms with E-state index in [0.29, 0.717) is 0 Å². The number of halogens is 1. The molecule has 3 rings (SSSR count). The minimum Gasteiger partial charge on any atom is -0.493 e. The molecular weight excluding hydrogens is 318 g/mol. The van der Waals surface area contributed by atoms with Crippen molar-refractivity contribution in [1.29, 1.82) is 0 Å². The maximum atomic E-state index is 10.1. The van der Waals surface area contributed by atoms with Crippen LogP contribution in [0.25, 0.3) is 23.3 Å². The minimum atomic E-state index is 0.0597. The van der Waals surface area contributed by atoms with Gasteiger partial charge in [0, 0.05) is 34.0 Å². The first-order valence-electron chi connectivity index (χ1n) is 6.72. The van der Waals surface area contributed by atoms with Crippen LogP contribution in [-0.4, -0.2) is 21.6 Å². The summed E-state index contributed by atoms with van der Waals surface area (Å²) in [6.07, 6.45) is 6.12. The lowest BCUT2D eigenvalue weighted by atomic mass is 10.1. The number of aromatic nitrogens is 1. The number of aromatic hydroxyl groups is 1. The molecule has 0 spiro atoms. The highest BCUT2D eigenvalue weighted by molar-refractivity contribution is 9.10. The van der Waals surface area contributed by atoms with Gasteiger partial charge in [-0.3, -0.25) is 5.01 Å². The van der Waals surface area contributed by atoms with Gasteiger partial charge in [-0.2, -0.15) is 0 Å². The number of rotatable bonds is 3. The van der Waals surface area contributed by atoms with Gasteiger partial charge in [0.2, 0.25) is 5.88 Å².